The Morgan fingerprint density at radius 2 is 1.65 bits per heavy atom. The van der Waals surface area contributed by atoms with E-state index in [1.807, 2.05) is 6.92 Å². The Morgan fingerprint density at radius 1 is 1.05 bits per heavy atom. The quantitative estimate of drug-likeness (QED) is 0.527. The highest BCUT2D eigenvalue weighted by Crippen LogP contribution is 2.13. The molecule has 0 aliphatic rings. The molecule has 0 rings (SSSR count). The molecule has 0 spiro atoms. The van der Waals surface area contributed by atoms with Crippen molar-refractivity contribution in [2.75, 3.05) is 26.4 Å². The van der Waals surface area contributed by atoms with Crippen LogP contribution < -0.4 is 5.32 Å². The Bertz CT molecular complexity index is 264. The van der Waals surface area contributed by atoms with Crippen LogP contribution in [0, 0.1) is 11.3 Å². The fraction of sp³-hybridized carbons (Fsp3) is 0.938. The van der Waals surface area contributed by atoms with Gasteiger partial charge in [0.1, 0.15) is 5.54 Å². The first-order valence-corrected chi connectivity index (χ1v) is 7.88. The number of unbranched alkanes of at least 4 members (excludes halogenated alkanes) is 2. The molecule has 0 radical (unpaired) electrons. The summed E-state index contributed by atoms with van der Waals surface area (Å²) in [5.74, 6) is 0. The fourth-order valence-electron chi connectivity index (χ4n) is 2.05. The SMILES string of the molecule is CCCCOCCOCCCCC(C)(C#N)NC(C)C. The summed E-state index contributed by atoms with van der Waals surface area (Å²) in [5, 5.41) is 12.5. The Hall–Kier alpha value is -0.630. The maximum absolute atomic E-state index is 9.22. The van der Waals surface area contributed by atoms with Crippen molar-refractivity contribution in [3.05, 3.63) is 0 Å². The summed E-state index contributed by atoms with van der Waals surface area (Å²) in [7, 11) is 0. The Balaban J connectivity index is 3.45. The monoisotopic (exact) mass is 284 g/mol. The van der Waals surface area contributed by atoms with Gasteiger partial charge in [0, 0.05) is 19.3 Å². The van der Waals surface area contributed by atoms with Gasteiger partial charge in [0.15, 0.2) is 0 Å². The van der Waals surface area contributed by atoms with Gasteiger partial charge in [0.25, 0.3) is 0 Å². The predicted octanol–water partition coefficient (Wildman–Crippen LogP) is 3.27. The summed E-state index contributed by atoms with van der Waals surface area (Å²) in [6.45, 7) is 11.2. The van der Waals surface area contributed by atoms with Gasteiger partial charge in [-0.25, -0.2) is 0 Å². The first-order chi connectivity index (χ1) is 9.54. The van der Waals surface area contributed by atoms with Gasteiger partial charge in [-0.1, -0.05) is 13.3 Å². The van der Waals surface area contributed by atoms with Crippen LogP contribution in [-0.2, 0) is 9.47 Å². The van der Waals surface area contributed by atoms with Crippen LogP contribution >= 0.6 is 0 Å². The van der Waals surface area contributed by atoms with Gasteiger partial charge in [-0.2, -0.15) is 5.26 Å². The van der Waals surface area contributed by atoms with Gasteiger partial charge < -0.3 is 9.47 Å². The number of nitrogens with zero attached hydrogens (tertiary/aromatic N) is 1. The number of nitrogens with one attached hydrogen (secondary N) is 1. The average Bonchev–Trinajstić information content (AvgIpc) is 2.40. The molecule has 1 atom stereocenters. The van der Waals surface area contributed by atoms with E-state index in [1.54, 1.807) is 0 Å². The van der Waals surface area contributed by atoms with Crippen LogP contribution in [0.25, 0.3) is 0 Å². The molecule has 0 aromatic rings. The lowest BCUT2D eigenvalue weighted by Crippen LogP contribution is -2.44. The molecule has 118 valence electrons. The molecular weight excluding hydrogens is 252 g/mol. The molecule has 1 N–H and O–H groups in total. The van der Waals surface area contributed by atoms with Crippen molar-refractivity contribution in [2.24, 2.45) is 0 Å². The van der Waals surface area contributed by atoms with Crippen LogP contribution in [0.3, 0.4) is 0 Å². The highest BCUT2D eigenvalue weighted by Gasteiger charge is 2.23. The predicted molar refractivity (Wildman–Crippen MR) is 82.7 cm³/mol. The summed E-state index contributed by atoms with van der Waals surface area (Å²) in [6, 6.07) is 2.70. The Labute approximate surface area is 124 Å². The lowest BCUT2D eigenvalue weighted by molar-refractivity contribution is 0.0450. The molecule has 0 bridgehead atoms. The van der Waals surface area contributed by atoms with Crippen molar-refractivity contribution in [2.45, 2.75) is 71.4 Å². The first-order valence-electron chi connectivity index (χ1n) is 7.88. The number of rotatable bonds is 13. The van der Waals surface area contributed by atoms with Gasteiger partial charge in [0.2, 0.25) is 0 Å². The van der Waals surface area contributed by atoms with Gasteiger partial charge in [-0.05, 0) is 46.5 Å². The molecule has 0 amide bonds. The van der Waals surface area contributed by atoms with Crippen LogP contribution in [0.1, 0.15) is 59.8 Å². The number of hydrogen-bond acceptors (Lipinski definition) is 4. The van der Waals surface area contributed by atoms with Crippen LogP contribution in [-0.4, -0.2) is 38.0 Å². The third-order valence-electron chi connectivity index (χ3n) is 3.08. The zero-order valence-corrected chi connectivity index (χ0v) is 13.7. The third-order valence-corrected chi connectivity index (χ3v) is 3.08. The maximum atomic E-state index is 9.22. The van der Waals surface area contributed by atoms with E-state index < -0.39 is 5.54 Å². The first kappa shape index (κ1) is 19.4. The van der Waals surface area contributed by atoms with Crippen molar-refractivity contribution < 1.29 is 9.47 Å². The van der Waals surface area contributed by atoms with E-state index in [2.05, 4.69) is 32.2 Å². The third kappa shape index (κ3) is 11.2. The van der Waals surface area contributed by atoms with E-state index in [0.717, 1.165) is 38.9 Å². The molecule has 0 aliphatic heterocycles. The van der Waals surface area contributed by atoms with Crippen LogP contribution in [0.4, 0.5) is 0 Å². The van der Waals surface area contributed by atoms with Crippen LogP contribution in [0.5, 0.6) is 0 Å². The minimum absolute atomic E-state index is 0.330. The minimum atomic E-state index is -0.419. The number of ether oxygens (including phenoxy) is 2. The zero-order chi connectivity index (χ0) is 15.3. The van der Waals surface area contributed by atoms with Gasteiger partial charge >= 0.3 is 0 Å². The second-order valence-corrected chi connectivity index (χ2v) is 5.78. The van der Waals surface area contributed by atoms with Crippen molar-refractivity contribution in [1.82, 2.24) is 5.32 Å². The second kappa shape index (κ2) is 12.1. The molecule has 20 heavy (non-hydrogen) atoms. The lowest BCUT2D eigenvalue weighted by atomic mass is 9.96. The smallest absolute Gasteiger partial charge is 0.104 e. The van der Waals surface area contributed by atoms with Crippen LogP contribution in [0.2, 0.25) is 0 Å². The van der Waals surface area contributed by atoms with E-state index in [4.69, 9.17) is 9.47 Å². The van der Waals surface area contributed by atoms with E-state index in [9.17, 15) is 5.26 Å². The van der Waals surface area contributed by atoms with E-state index in [-0.39, 0.29) is 0 Å². The fourth-order valence-corrected chi connectivity index (χ4v) is 2.05. The van der Waals surface area contributed by atoms with E-state index in [0.29, 0.717) is 19.3 Å². The second-order valence-electron chi connectivity index (χ2n) is 5.78. The summed E-state index contributed by atoms with van der Waals surface area (Å²) in [5.41, 5.74) is -0.419. The highest BCUT2D eigenvalue weighted by atomic mass is 16.5. The summed E-state index contributed by atoms with van der Waals surface area (Å²) in [4.78, 5) is 0. The summed E-state index contributed by atoms with van der Waals surface area (Å²) >= 11 is 0. The largest absolute Gasteiger partial charge is 0.379 e. The van der Waals surface area contributed by atoms with Crippen molar-refractivity contribution in [3.63, 3.8) is 0 Å². The molecule has 1 unspecified atom stereocenters. The van der Waals surface area contributed by atoms with Gasteiger partial charge in [-0.15, -0.1) is 0 Å². The molecule has 0 aromatic heterocycles. The minimum Gasteiger partial charge on any atom is -0.379 e. The van der Waals surface area contributed by atoms with E-state index >= 15 is 0 Å². The van der Waals surface area contributed by atoms with Crippen molar-refractivity contribution in [1.29, 1.82) is 5.26 Å². The molecule has 0 fully saturated rings. The number of hydrogen-bond donors (Lipinski definition) is 1. The molecule has 0 aromatic carbocycles. The lowest BCUT2D eigenvalue weighted by Gasteiger charge is -2.25. The molecule has 0 saturated heterocycles. The molecule has 0 aliphatic carbocycles. The standard InChI is InChI=1S/C16H32N2O2/c1-5-6-10-19-12-13-20-11-8-7-9-16(4,14-17)18-15(2)3/h15,18H,5-13H2,1-4H3. The summed E-state index contributed by atoms with van der Waals surface area (Å²) in [6.07, 6.45) is 5.14. The molecule has 0 saturated carbocycles. The van der Waals surface area contributed by atoms with Gasteiger partial charge in [0.05, 0.1) is 19.3 Å². The van der Waals surface area contributed by atoms with E-state index in [1.165, 1.54) is 6.42 Å². The molecule has 4 heteroatoms. The Kier molecular flexibility index (Phi) is 11.8. The zero-order valence-electron chi connectivity index (χ0n) is 13.7. The van der Waals surface area contributed by atoms with Crippen molar-refractivity contribution >= 4 is 0 Å². The van der Waals surface area contributed by atoms with Gasteiger partial charge in [-0.3, -0.25) is 5.32 Å². The average molecular weight is 284 g/mol. The Morgan fingerprint density at radius 3 is 2.15 bits per heavy atom. The van der Waals surface area contributed by atoms with Crippen LogP contribution in [0.15, 0.2) is 0 Å². The highest BCUT2D eigenvalue weighted by molar-refractivity contribution is 5.04. The maximum Gasteiger partial charge on any atom is 0.104 e. The number of nitriles is 1. The van der Waals surface area contributed by atoms with Crippen molar-refractivity contribution in [3.8, 4) is 6.07 Å². The summed E-state index contributed by atoms with van der Waals surface area (Å²) < 4.78 is 10.9. The normalized spacial score (nSPS) is 14.2. The topological polar surface area (TPSA) is 54.3 Å². The molecule has 4 nitrogen and oxygen atoms in total. The molecular formula is C16H32N2O2. The molecule has 0 heterocycles.